The number of carbonyl (C=O) groups is 1. The highest BCUT2D eigenvalue weighted by Crippen LogP contribution is 2.43. The Kier molecular flexibility index (Phi) is 5.44. The molecule has 0 spiro atoms. The van der Waals surface area contributed by atoms with Crippen molar-refractivity contribution in [1.82, 2.24) is 14.8 Å². The van der Waals surface area contributed by atoms with Crippen LogP contribution in [0.2, 0.25) is 0 Å². The number of ether oxygens (including phenoxy) is 3. The van der Waals surface area contributed by atoms with Crippen LogP contribution < -0.4 is 14.2 Å². The summed E-state index contributed by atoms with van der Waals surface area (Å²) < 4.78 is 17.6. The van der Waals surface area contributed by atoms with Gasteiger partial charge in [-0.15, -0.1) is 5.10 Å². The van der Waals surface area contributed by atoms with E-state index in [-0.39, 0.29) is 11.2 Å². The van der Waals surface area contributed by atoms with Crippen molar-refractivity contribution in [2.75, 3.05) is 20.8 Å². The molecule has 0 unspecified atom stereocenters. The quantitative estimate of drug-likeness (QED) is 0.600. The van der Waals surface area contributed by atoms with Crippen molar-refractivity contribution in [3.8, 4) is 28.6 Å². The third kappa shape index (κ3) is 3.80. The highest BCUT2D eigenvalue weighted by Gasteiger charge is 2.30. The highest BCUT2D eigenvalue weighted by molar-refractivity contribution is 7.99. The first kappa shape index (κ1) is 19.3. The Labute approximate surface area is 173 Å². The Morgan fingerprint density at radius 3 is 2.59 bits per heavy atom. The maximum absolute atomic E-state index is 12.7. The van der Waals surface area contributed by atoms with Crippen LogP contribution in [0.1, 0.15) is 29.0 Å². The topological polar surface area (TPSA) is 75.5 Å². The van der Waals surface area contributed by atoms with E-state index in [1.165, 1.54) is 16.4 Å². The molecule has 1 aliphatic heterocycles. The Morgan fingerprint density at radius 1 is 1.10 bits per heavy atom. The van der Waals surface area contributed by atoms with E-state index in [1.807, 2.05) is 49.4 Å². The molecule has 8 heteroatoms. The zero-order valence-electron chi connectivity index (χ0n) is 16.4. The van der Waals surface area contributed by atoms with E-state index >= 15 is 0 Å². The molecule has 0 aliphatic carbocycles. The van der Waals surface area contributed by atoms with Gasteiger partial charge in [0.25, 0.3) is 5.91 Å². The van der Waals surface area contributed by atoms with Crippen molar-refractivity contribution in [3.63, 3.8) is 0 Å². The van der Waals surface area contributed by atoms with Gasteiger partial charge < -0.3 is 14.2 Å². The summed E-state index contributed by atoms with van der Waals surface area (Å²) in [5, 5.41) is 4.93. The van der Waals surface area contributed by atoms with E-state index in [0.29, 0.717) is 35.5 Å². The Hall–Kier alpha value is -3.00. The number of benzene rings is 2. The van der Waals surface area contributed by atoms with Gasteiger partial charge >= 0.3 is 0 Å². The van der Waals surface area contributed by atoms with Crippen molar-refractivity contribution in [2.45, 2.75) is 23.8 Å². The largest absolute Gasteiger partial charge is 0.497 e. The van der Waals surface area contributed by atoms with Crippen molar-refractivity contribution < 1.29 is 19.0 Å². The maximum atomic E-state index is 12.7. The average molecular weight is 411 g/mol. The zero-order valence-corrected chi connectivity index (χ0v) is 17.2. The van der Waals surface area contributed by atoms with Gasteiger partial charge in [0.05, 0.1) is 20.8 Å². The Bertz CT molecular complexity index is 1030. The lowest BCUT2D eigenvalue weighted by Gasteiger charge is -2.21. The third-order valence-electron chi connectivity index (χ3n) is 4.63. The van der Waals surface area contributed by atoms with Crippen LogP contribution in [0.15, 0.2) is 47.6 Å². The monoisotopic (exact) mass is 411 g/mol. The molecule has 3 aromatic rings. The SMILES string of the molecule is CCOc1ccc([C@H]2CC(=O)n3nc(-c4ccc(OC)cc4)nc3S2)cc1OC. The molecule has 0 saturated heterocycles. The van der Waals surface area contributed by atoms with Crippen LogP contribution in [0, 0.1) is 0 Å². The number of hydrogen-bond acceptors (Lipinski definition) is 7. The van der Waals surface area contributed by atoms with Gasteiger partial charge in [0.15, 0.2) is 22.5 Å². The third-order valence-corrected chi connectivity index (χ3v) is 5.83. The molecule has 0 amide bonds. The molecule has 29 heavy (non-hydrogen) atoms. The van der Waals surface area contributed by atoms with Crippen LogP contribution >= 0.6 is 11.8 Å². The highest BCUT2D eigenvalue weighted by atomic mass is 32.2. The van der Waals surface area contributed by atoms with Gasteiger partial charge in [0, 0.05) is 17.2 Å². The molecule has 2 aromatic carbocycles. The molecule has 2 heterocycles. The molecule has 7 nitrogen and oxygen atoms in total. The van der Waals surface area contributed by atoms with E-state index in [1.54, 1.807) is 14.2 Å². The van der Waals surface area contributed by atoms with Crippen molar-refractivity contribution in [2.24, 2.45) is 0 Å². The van der Waals surface area contributed by atoms with Gasteiger partial charge in [-0.05, 0) is 48.9 Å². The number of carbonyl (C=O) groups excluding carboxylic acids is 1. The molecule has 0 fully saturated rings. The molecule has 1 aromatic heterocycles. The minimum Gasteiger partial charge on any atom is -0.497 e. The number of hydrogen-bond donors (Lipinski definition) is 0. The van der Waals surface area contributed by atoms with Gasteiger partial charge in [0.2, 0.25) is 0 Å². The van der Waals surface area contributed by atoms with E-state index in [0.717, 1.165) is 16.9 Å². The lowest BCUT2D eigenvalue weighted by molar-refractivity contribution is 0.0868. The van der Waals surface area contributed by atoms with Gasteiger partial charge in [-0.1, -0.05) is 17.8 Å². The van der Waals surface area contributed by atoms with Crippen LogP contribution in [0.4, 0.5) is 0 Å². The molecule has 0 bridgehead atoms. The van der Waals surface area contributed by atoms with E-state index in [9.17, 15) is 4.79 Å². The summed E-state index contributed by atoms with van der Waals surface area (Å²) in [4.78, 5) is 17.3. The fraction of sp³-hybridized carbons (Fsp3) is 0.286. The Morgan fingerprint density at radius 2 is 1.90 bits per heavy atom. The number of fused-ring (bicyclic) bond motifs is 1. The van der Waals surface area contributed by atoms with Crippen LogP contribution in [0.5, 0.6) is 17.2 Å². The second kappa shape index (κ2) is 8.16. The maximum Gasteiger partial charge on any atom is 0.250 e. The van der Waals surface area contributed by atoms with Crippen LogP contribution in [-0.4, -0.2) is 41.5 Å². The first-order chi connectivity index (χ1) is 14.1. The van der Waals surface area contributed by atoms with E-state index in [4.69, 9.17) is 14.2 Å². The minimum absolute atomic E-state index is 0.0625. The van der Waals surface area contributed by atoms with Gasteiger partial charge in [-0.25, -0.2) is 4.98 Å². The number of methoxy groups -OCH3 is 2. The summed E-state index contributed by atoms with van der Waals surface area (Å²) in [5.74, 6) is 2.55. The molecular weight excluding hydrogens is 390 g/mol. The second-order valence-electron chi connectivity index (χ2n) is 6.41. The average Bonchev–Trinajstić information content (AvgIpc) is 3.19. The number of aromatic nitrogens is 3. The molecule has 1 aliphatic rings. The summed E-state index contributed by atoms with van der Waals surface area (Å²) in [6, 6.07) is 13.2. The van der Waals surface area contributed by atoms with Crippen molar-refractivity contribution in [1.29, 1.82) is 0 Å². The van der Waals surface area contributed by atoms with Crippen LogP contribution in [0.3, 0.4) is 0 Å². The van der Waals surface area contributed by atoms with E-state index in [2.05, 4.69) is 10.1 Å². The van der Waals surface area contributed by atoms with Crippen molar-refractivity contribution in [3.05, 3.63) is 48.0 Å². The molecule has 4 rings (SSSR count). The minimum atomic E-state index is -0.0798. The van der Waals surface area contributed by atoms with Gasteiger partial charge in [-0.3, -0.25) is 4.79 Å². The van der Waals surface area contributed by atoms with Crippen LogP contribution in [0.25, 0.3) is 11.4 Å². The zero-order chi connectivity index (χ0) is 20.4. The molecular formula is C21H21N3O4S. The predicted octanol–water partition coefficient (Wildman–Crippen LogP) is 4.24. The first-order valence-corrected chi connectivity index (χ1v) is 10.1. The molecule has 1 atom stereocenters. The second-order valence-corrected chi connectivity index (χ2v) is 7.58. The molecule has 150 valence electrons. The Balaban J connectivity index is 1.61. The summed E-state index contributed by atoms with van der Waals surface area (Å²) in [5.41, 5.74) is 1.82. The lowest BCUT2D eigenvalue weighted by atomic mass is 10.1. The van der Waals surface area contributed by atoms with Gasteiger partial charge in [0.1, 0.15) is 5.75 Å². The molecule has 0 radical (unpaired) electrons. The number of rotatable bonds is 6. The number of nitrogens with zero attached hydrogens (tertiary/aromatic N) is 3. The summed E-state index contributed by atoms with van der Waals surface area (Å²) in [6.07, 6.45) is 0.334. The standard InChI is InChI=1S/C21H21N3O4S/c1-4-28-16-10-7-14(11-17(16)27-3)18-12-19(25)24-21(29-18)22-20(23-24)13-5-8-15(26-2)9-6-13/h5-11,18H,4,12H2,1-3H3/t18-/m1/s1. The fourth-order valence-corrected chi connectivity index (χ4v) is 4.30. The lowest BCUT2D eigenvalue weighted by Crippen LogP contribution is -2.21. The number of thioether (sulfide) groups is 1. The summed E-state index contributed by atoms with van der Waals surface area (Å²) >= 11 is 1.52. The summed E-state index contributed by atoms with van der Waals surface area (Å²) in [6.45, 7) is 2.49. The fourth-order valence-electron chi connectivity index (χ4n) is 3.16. The predicted molar refractivity (Wildman–Crippen MR) is 110 cm³/mol. The normalized spacial score (nSPS) is 15.7. The van der Waals surface area contributed by atoms with E-state index < -0.39 is 0 Å². The first-order valence-electron chi connectivity index (χ1n) is 9.25. The smallest absolute Gasteiger partial charge is 0.250 e. The molecule has 0 N–H and O–H groups in total. The van der Waals surface area contributed by atoms with Crippen molar-refractivity contribution >= 4 is 17.7 Å². The van der Waals surface area contributed by atoms with Gasteiger partial charge in [-0.2, -0.15) is 4.68 Å². The summed E-state index contributed by atoms with van der Waals surface area (Å²) in [7, 11) is 3.23. The van der Waals surface area contributed by atoms with Crippen LogP contribution in [-0.2, 0) is 0 Å². The molecule has 0 saturated carbocycles.